The molecule has 1 atom stereocenters. The van der Waals surface area contributed by atoms with Crippen LogP contribution < -0.4 is 0 Å². The first-order valence-electron chi connectivity index (χ1n) is 7.27. The third-order valence-corrected chi connectivity index (χ3v) is 4.70. The number of rotatable bonds is 5. The fourth-order valence-corrected chi connectivity index (χ4v) is 3.35. The number of aliphatic hydroxyl groups is 1. The summed E-state index contributed by atoms with van der Waals surface area (Å²) in [4.78, 5) is 0. The molecule has 1 unspecified atom stereocenters. The summed E-state index contributed by atoms with van der Waals surface area (Å²) in [6.45, 7) is 0. The molecule has 0 saturated heterocycles. The minimum Gasteiger partial charge on any atom is -0.393 e. The van der Waals surface area contributed by atoms with Crippen LogP contribution in [0.15, 0.2) is 18.2 Å². The molecule has 0 radical (unpaired) electrons. The lowest BCUT2D eigenvalue weighted by atomic mass is 9.85. The molecule has 1 saturated carbocycles. The Hall–Kier alpha value is -0.240. The second-order valence-electron chi connectivity index (χ2n) is 5.68. The van der Waals surface area contributed by atoms with Gasteiger partial charge in [-0.3, -0.25) is 0 Å². The highest BCUT2D eigenvalue weighted by Crippen LogP contribution is 2.29. The predicted octanol–water partition coefficient (Wildman–Crippen LogP) is 5.26. The molecule has 0 spiro atoms. The summed E-state index contributed by atoms with van der Waals surface area (Å²) in [7, 11) is 0. The lowest BCUT2D eigenvalue weighted by Gasteiger charge is -2.22. The first kappa shape index (κ1) is 15.2. The zero-order chi connectivity index (χ0) is 13.7. The minimum absolute atomic E-state index is 0.308. The van der Waals surface area contributed by atoms with Crippen LogP contribution in [0.25, 0.3) is 0 Å². The van der Waals surface area contributed by atoms with Crippen LogP contribution in [0.2, 0.25) is 10.0 Å². The molecule has 0 amide bonds. The molecular formula is C16H22Cl2O. The van der Waals surface area contributed by atoms with E-state index in [-0.39, 0.29) is 6.10 Å². The van der Waals surface area contributed by atoms with Crippen LogP contribution in [0.1, 0.15) is 50.5 Å². The van der Waals surface area contributed by atoms with Gasteiger partial charge in [-0.15, -0.1) is 0 Å². The van der Waals surface area contributed by atoms with Gasteiger partial charge in [0, 0.05) is 10.0 Å². The zero-order valence-electron chi connectivity index (χ0n) is 11.2. The molecule has 106 valence electrons. The summed E-state index contributed by atoms with van der Waals surface area (Å²) >= 11 is 12.1. The Morgan fingerprint density at radius 3 is 2.63 bits per heavy atom. The van der Waals surface area contributed by atoms with E-state index in [1.54, 1.807) is 12.1 Å². The van der Waals surface area contributed by atoms with Crippen LogP contribution in [0.5, 0.6) is 0 Å². The molecule has 1 aromatic rings. The van der Waals surface area contributed by atoms with Gasteiger partial charge in [-0.1, -0.05) is 55.3 Å². The fraction of sp³-hybridized carbons (Fsp3) is 0.625. The first-order valence-corrected chi connectivity index (χ1v) is 8.02. The molecule has 3 heteroatoms. The topological polar surface area (TPSA) is 20.2 Å². The molecule has 0 bridgehead atoms. The third kappa shape index (κ3) is 4.98. The number of benzene rings is 1. The van der Waals surface area contributed by atoms with Crippen molar-refractivity contribution in [1.29, 1.82) is 0 Å². The molecule has 1 nitrogen and oxygen atoms in total. The molecule has 0 heterocycles. The summed E-state index contributed by atoms with van der Waals surface area (Å²) in [5.41, 5.74) is 0.949. The van der Waals surface area contributed by atoms with E-state index in [1.165, 1.54) is 32.1 Å². The van der Waals surface area contributed by atoms with Crippen molar-refractivity contribution in [2.45, 2.75) is 57.5 Å². The molecule has 2 rings (SSSR count). The molecular weight excluding hydrogens is 279 g/mol. The summed E-state index contributed by atoms with van der Waals surface area (Å²) in [5.74, 6) is 0.818. The van der Waals surface area contributed by atoms with Gasteiger partial charge < -0.3 is 5.11 Å². The highest BCUT2D eigenvalue weighted by Gasteiger charge is 2.16. The van der Waals surface area contributed by atoms with Gasteiger partial charge in [0.2, 0.25) is 0 Å². The maximum absolute atomic E-state index is 10.1. The Morgan fingerprint density at radius 1 is 1.16 bits per heavy atom. The average molecular weight is 301 g/mol. The highest BCUT2D eigenvalue weighted by molar-refractivity contribution is 6.33. The first-order chi connectivity index (χ1) is 9.15. The maximum atomic E-state index is 10.1. The molecule has 1 N–H and O–H groups in total. The fourth-order valence-electron chi connectivity index (χ4n) is 2.96. The van der Waals surface area contributed by atoms with E-state index in [9.17, 15) is 5.11 Å². The van der Waals surface area contributed by atoms with E-state index in [4.69, 9.17) is 23.2 Å². The van der Waals surface area contributed by atoms with Crippen molar-refractivity contribution < 1.29 is 5.11 Å². The Morgan fingerprint density at radius 2 is 1.89 bits per heavy atom. The van der Waals surface area contributed by atoms with Crippen LogP contribution in [-0.2, 0) is 6.42 Å². The van der Waals surface area contributed by atoms with Gasteiger partial charge in [0.05, 0.1) is 6.10 Å². The normalized spacial score (nSPS) is 18.5. The Labute approximate surface area is 125 Å². The van der Waals surface area contributed by atoms with Crippen LogP contribution in [-0.4, -0.2) is 11.2 Å². The van der Waals surface area contributed by atoms with Gasteiger partial charge in [-0.2, -0.15) is 0 Å². The van der Waals surface area contributed by atoms with Gasteiger partial charge in [-0.05, 0) is 48.9 Å². The highest BCUT2D eigenvalue weighted by atomic mass is 35.5. The summed E-state index contributed by atoms with van der Waals surface area (Å²) in [6.07, 6.45) is 9.09. The second-order valence-corrected chi connectivity index (χ2v) is 6.52. The van der Waals surface area contributed by atoms with E-state index < -0.39 is 0 Å². The zero-order valence-corrected chi connectivity index (χ0v) is 12.8. The second kappa shape index (κ2) is 7.52. The smallest absolute Gasteiger partial charge is 0.0581 e. The van der Waals surface area contributed by atoms with Crippen LogP contribution in [0.4, 0.5) is 0 Å². The van der Waals surface area contributed by atoms with Crippen molar-refractivity contribution in [1.82, 2.24) is 0 Å². The lowest BCUT2D eigenvalue weighted by Crippen LogP contribution is -2.14. The molecule has 0 aromatic heterocycles. The average Bonchev–Trinajstić information content (AvgIpc) is 2.42. The SMILES string of the molecule is OC(CCC1CCCCC1)Cc1cc(Cl)ccc1Cl. The van der Waals surface area contributed by atoms with E-state index in [2.05, 4.69) is 0 Å². The van der Waals surface area contributed by atoms with Crippen molar-refractivity contribution in [2.75, 3.05) is 0 Å². The van der Waals surface area contributed by atoms with Crippen molar-refractivity contribution >= 4 is 23.2 Å². The summed E-state index contributed by atoms with van der Waals surface area (Å²) < 4.78 is 0. The van der Waals surface area contributed by atoms with Crippen LogP contribution in [0, 0.1) is 5.92 Å². The molecule has 1 aliphatic rings. The Kier molecular flexibility index (Phi) is 6.00. The van der Waals surface area contributed by atoms with E-state index in [0.717, 1.165) is 24.3 Å². The predicted molar refractivity (Wildman–Crippen MR) is 82.0 cm³/mol. The maximum Gasteiger partial charge on any atom is 0.0581 e. The van der Waals surface area contributed by atoms with Crippen molar-refractivity contribution in [3.05, 3.63) is 33.8 Å². The minimum atomic E-state index is -0.308. The standard InChI is InChI=1S/C16H22Cl2O/c17-14-7-9-16(18)13(10-14)11-15(19)8-6-12-4-2-1-3-5-12/h7,9-10,12,15,19H,1-6,8,11H2. The Bertz CT molecular complexity index is 400. The lowest BCUT2D eigenvalue weighted by molar-refractivity contribution is 0.149. The number of aliphatic hydroxyl groups excluding tert-OH is 1. The molecule has 1 aromatic carbocycles. The summed E-state index contributed by atoms with van der Waals surface area (Å²) in [6, 6.07) is 5.43. The van der Waals surface area contributed by atoms with E-state index in [1.807, 2.05) is 6.07 Å². The van der Waals surface area contributed by atoms with Crippen molar-refractivity contribution in [3.8, 4) is 0 Å². The third-order valence-electron chi connectivity index (χ3n) is 4.10. The number of hydrogen-bond acceptors (Lipinski definition) is 1. The molecule has 19 heavy (non-hydrogen) atoms. The largest absolute Gasteiger partial charge is 0.393 e. The molecule has 1 aliphatic carbocycles. The van der Waals surface area contributed by atoms with Gasteiger partial charge in [0.15, 0.2) is 0 Å². The number of hydrogen-bond donors (Lipinski definition) is 1. The summed E-state index contributed by atoms with van der Waals surface area (Å²) in [5, 5.41) is 11.5. The van der Waals surface area contributed by atoms with Crippen LogP contribution >= 0.6 is 23.2 Å². The van der Waals surface area contributed by atoms with Gasteiger partial charge in [0.25, 0.3) is 0 Å². The Balaban J connectivity index is 1.80. The van der Waals surface area contributed by atoms with Crippen molar-refractivity contribution in [3.63, 3.8) is 0 Å². The van der Waals surface area contributed by atoms with Crippen LogP contribution in [0.3, 0.4) is 0 Å². The molecule has 0 aliphatic heterocycles. The van der Waals surface area contributed by atoms with Crippen molar-refractivity contribution in [2.24, 2.45) is 5.92 Å². The van der Waals surface area contributed by atoms with Gasteiger partial charge in [-0.25, -0.2) is 0 Å². The van der Waals surface area contributed by atoms with Gasteiger partial charge in [0.1, 0.15) is 0 Å². The quantitative estimate of drug-likeness (QED) is 0.786. The van der Waals surface area contributed by atoms with Gasteiger partial charge >= 0.3 is 0 Å². The molecule has 1 fully saturated rings. The van der Waals surface area contributed by atoms with E-state index >= 15 is 0 Å². The number of halogens is 2. The monoisotopic (exact) mass is 300 g/mol. The van der Waals surface area contributed by atoms with E-state index in [0.29, 0.717) is 16.5 Å².